The van der Waals surface area contributed by atoms with Gasteiger partial charge in [0, 0.05) is 25.6 Å². The van der Waals surface area contributed by atoms with Crippen molar-refractivity contribution in [2.45, 2.75) is 57.5 Å². The molecule has 0 radical (unpaired) electrons. The van der Waals surface area contributed by atoms with Crippen LogP contribution in [0.5, 0.6) is 0 Å². The number of halogens is 1. The molecule has 0 heterocycles. The number of aliphatic imine (C=N–C) groups is 1. The monoisotopic (exact) mass is 412 g/mol. The fourth-order valence-electron chi connectivity index (χ4n) is 2.41. The molecule has 1 fully saturated rings. The van der Waals surface area contributed by atoms with Gasteiger partial charge in [0.15, 0.2) is 5.96 Å². The second-order valence-electron chi connectivity index (χ2n) is 5.42. The summed E-state index contributed by atoms with van der Waals surface area (Å²) < 4.78 is 4.99. The molecule has 1 atom stereocenters. The molecule has 1 aliphatic carbocycles. The zero-order chi connectivity index (χ0) is 14.8. The number of hydrogen-bond acceptors (Lipinski definition) is 3. The summed E-state index contributed by atoms with van der Waals surface area (Å²) in [7, 11) is 1.64. The van der Waals surface area contributed by atoms with Crippen molar-refractivity contribution in [2.24, 2.45) is 10.7 Å². The lowest BCUT2D eigenvalue weighted by atomic mass is 9.95. The Morgan fingerprint density at radius 3 is 2.67 bits per heavy atom. The van der Waals surface area contributed by atoms with Crippen LogP contribution in [0.3, 0.4) is 0 Å². The van der Waals surface area contributed by atoms with Gasteiger partial charge in [0.25, 0.3) is 0 Å². The largest absolute Gasteiger partial charge is 0.383 e. The van der Waals surface area contributed by atoms with Crippen LogP contribution in [0.1, 0.15) is 45.4 Å². The number of carbonyl (C=O) groups excluding carboxylic acids is 1. The minimum Gasteiger partial charge on any atom is -0.383 e. The molecular weight excluding hydrogens is 383 g/mol. The van der Waals surface area contributed by atoms with Crippen LogP contribution < -0.4 is 16.4 Å². The first-order valence-electron chi connectivity index (χ1n) is 7.46. The molecule has 124 valence electrons. The molecule has 1 rings (SSSR count). The van der Waals surface area contributed by atoms with Crippen LogP contribution in [0.15, 0.2) is 4.99 Å². The van der Waals surface area contributed by atoms with Gasteiger partial charge in [-0.2, -0.15) is 0 Å². The van der Waals surface area contributed by atoms with Crippen LogP contribution in [0.2, 0.25) is 0 Å². The summed E-state index contributed by atoms with van der Waals surface area (Å²) in [5, 5.41) is 6.07. The van der Waals surface area contributed by atoms with Crippen LogP contribution in [-0.4, -0.2) is 44.2 Å². The van der Waals surface area contributed by atoms with E-state index in [1.54, 1.807) is 7.11 Å². The van der Waals surface area contributed by atoms with Crippen molar-refractivity contribution in [3.63, 3.8) is 0 Å². The van der Waals surface area contributed by atoms with Gasteiger partial charge in [-0.25, -0.2) is 0 Å². The van der Waals surface area contributed by atoms with E-state index in [4.69, 9.17) is 10.5 Å². The van der Waals surface area contributed by atoms with Crippen molar-refractivity contribution in [3.05, 3.63) is 0 Å². The van der Waals surface area contributed by atoms with E-state index in [0.717, 1.165) is 12.8 Å². The normalized spacial score (nSPS) is 17.7. The van der Waals surface area contributed by atoms with Crippen LogP contribution in [0.4, 0.5) is 0 Å². The Bertz CT molecular complexity index is 320. The van der Waals surface area contributed by atoms with Gasteiger partial charge in [0.05, 0.1) is 13.2 Å². The fraction of sp³-hybridized carbons (Fsp3) is 0.857. The lowest BCUT2D eigenvalue weighted by Crippen LogP contribution is -2.41. The Kier molecular flexibility index (Phi) is 11.7. The third-order valence-corrected chi connectivity index (χ3v) is 3.40. The number of nitrogens with one attached hydrogen (secondary N) is 2. The van der Waals surface area contributed by atoms with Gasteiger partial charge in [-0.3, -0.25) is 9.79 Å². The van der Waals surface area contributed by atoms with Crippen molar-refractivity contribution in [3.8, 4) is 0 Å². The lowest BCUT2D eigenvalue weighted by molar-refractivity contribution is -0.121. The summed E-state index contributed by atoms with van der Waals surface area (Å²) in [5.41, 5.74) is 5.73. The van der Waals surface area contributed by atoms with Gasteiger partial charge < -0.3 is 21.1 Å². The number of rotatable bonds is 7. The average Bonchev–Trinajstić information content (AvgIpc) is 2.39. The van der Waals surface area contributed by atoms with Gasteiger partial charge in [-0.15, -0.1) is 24.0 Å². The van der Waals surface area contributed by atoms with E-state index in [9.17, 15) is 4.79 Å². The summed E-state index contributed by atoms with van der Waals surface area (Å²) in [5.74, 6) is 0.429. The molecule has 21 heavy (non-hydrogen) atoms. The predicted molar refractivity (Wildman–Crippen MR) is 96.0 cm³/mol. The minimum absolute atomic E-state index is 0. The van der Waals surface area contributed by atoms with Crippen molar-refractivity contribution in [1.29, 1.82) is 0 Å². The molecule has 4 N–H and O–H groups in total. The summed E-state index contributed by atoms with van der Waals surface area (Å²) in [6.07, 6.45) is 6.32. The highest BCUT2D eigenvalue weighted by Gasteiger charge is 2.15. The Hall–Kier alpha value is -0.570. The number of ether oxygens (including phenoxy) is 1. The zero-order valence-electron chi connectivity index (χ0n) is 13.1. The molecule has 0 aliphatic heterocycles. The van der Waals surface area contributed by atoms with Gasteiger partial charge in [0.1, 0.15) is 0 Å². The second kappa shape index (κ2) is 12.0. The highest BCUT2D eigenvalue weighted by Crippen LogP contribution is 2.17. The minimum atomic E-state index is 0. The number of methoxy groups -OCH3 is 1. The maximum atomic E-state index is 11.8. The molecule has 0 spiro atoms. The molecule has 0 aromatic carbocycles. The number of carbonyl (C=O) groups is 1. The van der Waals surface area contributed by atoms with Gasteiger partial charge >= 0.3 is 0 Å². The summed E-state index contributed by atoms with van der Waals surface area (Å²) in [6, 6.07) is 0.470. The van der Waals surface area contributed by atoms with Crippen LogP contribution in [-0.2, 0) is 9.53 Å². The summed E-state index contributed by atoms with van der Waals surface area (Å²) in [6.45, 7) is 2.94. The van der Waals surface area contributed by atoms with Gasteiger partial charge in [-0.05, 0) is 19.8 Å². The van der Waals surface area contributed by atoms with E-state index in [1.165, 1.54) is 19.3 Å². The smallest absolute Gasteiger partial charge is 0.222 e. The highest BCUT2D eigenvalue weighted by molar-refractivity contribution is 14.0. The number of hydrogen-bond donors (Lipinski definition) is 3. The quantitative estimate of drug-likeness (QED) is 0.335. The van der Waals surface area contributed by atoms with Crippen molar-refractivity contribution in [2.75, 3.05) is 20.3 Å². The van der Waals surface area contributed by atoms with Gasteiger partial charge in [0.2, 0.25) is 5.91 Å². The van der Waals surface area contributed by atoms with Crippen molar-refractivity contribution < 1.29 is 9.53 Å². The maximum absolute atomic E-state index is 11.8. The Balaban J connectivity index is 0.00000400. The first-order chi connectivity index (χ1) is 9.61. The lowest BCUT2D eigenvalue weighted by Gasteiger charge is -2.22. The second-order valence-corrected chi connectivity index (χ2v) is 5.42. The predicted octanol–water partition coefficient (Wildman–Crippen LogP) is 1.38. The maximum Gasteiger partial charge on any atom is 0.222 e. The highest BCUT2D eigenvalue weighted by atomic mass is 127. The van der Waals surface area contributed by atoms with Gasteiger partial charge in [-0.1, -0.05) is 19.3 Å². The molecule has 0 bridgehead atoms. The summed E-state index contributed by atoms with van der Waals surface area (Å²) >= 11 is 0. The fourth-order valence-corrected chi connectivity index (χ4v) is 2.41. The topological polar surface area (TPSA) is 88.7 Å². The zero-order valence-corrected chi connectivity index (χ0v) is 15.4. The molecule has 7 heteroatoms. The Morgan fingerprint density at radius 2 is 2.05 bits per heavy atom. The van der Waals surface area contributed by atoms with Crippen LogP contribution in [0.25, 0.3) is 0 Å². The first kappa shape index (κ1) is 20.4. The Morgan fingerprint density at radius 1 is 1.38 bits per heavy atom. The SMILES string of the molecule is COCC(C)NC(N)=NCCC(=O)NC1CCCCC1.I. The van der Waals surface area contributed by atoms with E-state index < -0.39 is 0 Å². The first-order valence-corrected chi connectivity index (χ1v) is 7.46. The van der Waals surface area contributed by atoms with Crippen molar-refractivity contribution in [1.82, 2.24) is 10.6 Å². The number of amides is 1. The molecule has 0 saturated heterocycles. The molecule has 6 nitrogen and oxygen atoms in total. The molecular formula is C14H29IN4O2. The molecule has 1 amide bonds. The third kappa shape index (κ3) is 9.89. The molecule has 1 unspecified atom stereocenters. The van der Waals surface area contributed by atoms with Crippen molar-refractivity contribution >= 4 is 35.8 Å². The van der Waals surface area contributed by atoms with E-state index in [2.05, 4.69) is 15.6 Å². The standard InChI is InChI=1S/C14H28N4O2.HI/c1-11(10-20-2)17-14(15)16-9-8-13(19)18-12-6-4-3-5-7-12;/h11-12H,3-10H2,1-2H3,(H,18,19)(H3,15,16,17);1H. The third-order valence-electron chi connectivity index (χ3n) is 3.40. The van der Waals surface area contributed by atoms with Crippen LogP contribution in [0, 0.1) is 0 Å². The average molecular weight is 412 g/mol. The van der Waals surface area contributed by atoms with E-state index in [0.29, 0.717) is 31.6 Å². The molecule has 1 saturated carbocycles. The molecule has 0 aromatic heterocycles. The number of nitrogens with zero attached hydrogens (tertiary/aromatic N) is 1. The summed E-state index contributed by atoms with van der Waals surface area (Å²) in [4.78, 5) is 15.9. The molecule has 0 aromatic rings. The Labute approximate surface area is 144 Å². The number of nitrogens with two attached hydrogens (primary N) is 1. The number of guanidine groups is 1. The molecule has 1 aliphatic rings. The van der Waals surface area contributed by atoms with E-state index >= 15 is 0 Å². The van der Waals surface area contributed by atoms with E-state index in [1.807, 2.05) is 6.92 Å². The van der Waals surface area contributed by atoms with Crippen LogP contribution >= 0.6 is 24.0 Å². The van der Waals surface area contributed by atoms with E-state index in [-0.39, 0.29) is 35.9 Å².